The number of hydrogen-bond acceptors (Lipinski definition) is 3. The number of nitrogens with one attached hydrogen (secondary N) is 1. The summed E-state index contributed by atoms with van der Waals surface area (Å²) in [5.74, 6) is -0.343. The molecule has 1 amide bonds. The highest BCUT2D eigenvalue weighted by molar-refractivity contribution is 7.89. The van der Waals surface area contributed by atoms with Crippen LogP contribution in [0.3, 0.4) is 0 Å². The van der Waals surface area contributed by atoms with Gasteiger partial charge >= 0.3 is 0 Å². The second kappa shape index (κ2) is 7.59. The van der Waals surface area contributed by atoms with Crippen LogP contribution in [0.2, 0.25) is 0 Å². The van der Waals surface area contributed by atoms with Gasteiger partial charge in [-0.3, -0.25) is 4.79 Å². The van der Waals surface area contributed by atoms with E-state index in [1.807, 2.05) is 44.2 Å². The van der Waals surface area contributed by atoms with Crippen LogP contribution >= 0.6 is 0 Å². The van der Waals surface area contributed by atoms with Crippen molar-refractivity contribution >= 4 is 15.9 Å². The highest BCUT2D eigenvalue weighted by Crippen LogP contribution is 2.15. The summed E-state index contributed by atoms with van der Waals surface area (Å²) in [6.45, 7) is 3.52. The van der Waals surface area contributed by atoms with Crippen molar-refractivity contribution in [3.8, 4) is 0 Å². The summed E-state index contributed by atoms with van der Waals surface area (Å²) >= 11 is 0. The summed E-state index contributed by atoms with van der Waals surface area (Å²) in [5, 5.41) is 2.81. The lowest BCUT2D eigenvalue weighted by molar-refractivity contribution is -0.121. The third-order valence-electron chi connectivity index (χ3n) is 3.77. The summed E-state index contributed by atoms with van der Waals surface area (Å²) in [7, 11) is -2.27. The molecule has 0 spiro atoms. The van der Waals surface area contributed by atoms with Crippen LogP contribution in [-0.4, -0.2) is 32.2 Å². The average Bonchev–Trinajstić information content (AvgIpc) is 2.55. The standard InChI is InChI=1S/C18H22N2O3S/c1-14-9-11-17(12-10-14)24(22,23)20(3)13-18(21)19-15(2)16-7-5-4-6-8-16/h4-12,15H,13H2,1-3H3,(H,19,21). The number of hydrogen-bond donors (Lipinski definition) is 1. The maximum absolute atomic E-state index is 12.5. The molecule has 2 rings (SSSR count). The van der Waals surface area contributed by atoms with Gasteiger partial charge in [0.05, 0.1) is 17.5 Å². The molecule has 0 saturated heterocycles. The highest BCUT2D eigenvalue weighted by Gasteiger charge is 2.23. The first kappa shape index (κ1) is 18.2. The van der Waals surface area contributed by atoms with Gasteiger partial charge in [-0.15, -0.1) is 0 Å². The highest BCUT2D eigenvalue weighted by atomic mass is 32.2. The van der Waals surface area contributed by atoms with Gasteiger partial charge in [-0.25, -0.2) is 8.42 Å². The molecule has 0 aromatic heterocycles. The Morgan fingerprint density at radius 3 is 2.25 bits per heavy atom. The molecule has 1 N–H and O–H groups in total. The Morgan fingerprint density at radius 1 is 1.08 bits per heavy atom. The fourth-order valence-corrected chi connectivity index (χ4v) is 3.42. The summed E-state index contributed by atoms with van der Waals surface area (Å²) in [4.78, 5) is 12.3. The molecule has 0 aliphatic rings. The molecular weight excluding hydrogens is 324 g/mol. The van der Waals surface area contributed by atoms with Gasteiger partial charge in [0.15, 0.2) is 0 Å². The Labute approximate surface area is 143 Å². The van der Waals surface area contributed by atoms with Gasteiger partial charge in [0.1, 0.15) is 0 Å². The van der Waals surface area contributed by atoms with Crippen molar-refractivity contribution < 1.29 is 13.2 Å². The zero-order valence-electron chi connectivity index (χ0n) is 14.1. The van der Waals surface area contributed by atoms with E-state index in [1.165, 1.54) is 7.05 Å². The summed E-state index contributed by atoms with van der Waals surface area (Å²) in [5.41, 5.74) is 1.95. The Hall–Kier alpha value is -2.18. The normalized spacial score (nSPS) is 12.8. The molecule has 6 heteroatoms. The van der Waals surface area contributed by atoms with Crippen molar-refractivity contribution in [2.45, 2.75) is 24.8 Å². The maximum atomic E-state index is 12.5. The van der Waals surface area contributed by atoms with Gasteiger partial charge in [0.2, 0.25) is 15.9 Å². The number of carbonyl (C=O) groups excluding carboxylic acids is 1. The minimum absolute atomic E-state index is 0.180. The minimum atomic E-state index is -3.68. The fourth-order valence-electron chi connectivity index (χ4n) is 2.29. The predicted octanol–water partition coefficient (Wildman–Crippen LogP) is 2.49. The monoisotopic (exact) mass is 346 g/mol. The molecule has 0 radical (unpaired) electrons. The summed E-state index contributed by atoms with van der Waals surface area (Å²) in [6, 6.07) is 15.9. The van der Waals surface area contributed by atoms with Crippen molar-refractivity contribution in [2.24, 2.45) is 0 Å². The quantitative estimate of drug-likeness (QED) is 0.874. The third-order valence-corrected chi connectivity index (χ3v) is 5.59. The largest absolute Gasteiger partial charge is 0.348 e. The SMILES string of the molecule is Cc1ccc(S(=O)(=O)N(C)CC(=O)NC(C)c2ccccc2)cc1. The lowest BCUT2D eigenvalue weighted by Crippen LogP contribution is -2.39. The van der Waals surface area contributed by atoms with Crippen LogP contribution in [0.25, 0.3) is 0 Å². The summed E-state index contributed by atoms with van der Waals surface area (Å²) < 4.78 is 26.0. The van der Waals surface area contributed by atoms with Crippen LogP contribution < -0.4 is 5.32 Å². The second-order valence-electron chi connectivity index (χ2n) is 5.77. The van der Waals surface area contributed by atoms with Crippen LogP contribution in [0.5, 0.6) is 0 Å². The Kier molecular flexibility index (Phi) is 5.75. The van der Waals surface area contributed by atoms with Crippen molar-refractivity contribution in [3.05, 3.63) is 65.7 Å². The van der Waals surface area contributed by atoms with E-state index in [0.29, 0.717) is 0 Å². The number of sulfonamides is 1. The van der Waals surface area contributed by atoms with Crippen molar-refractivity contribution in [1.82, 2.24) is 9.62 Å². The van der Waals surface area contributed by atoms with Gasteiger partial charge in [-0.1, -0.05) is 48.0 Å². The molecule has 0 aliphatic heterocycles. The third kappa shape index (κ3) is 4.43. The average molecular weight is 346 g/mol. The molecule has 2 aromatic carbocycles. The van der Waals surface area contributed by atoms with Gasteiger partial charge in [0, 0.05) is 7.05 Å². The van der Waals surface area contributed by atoms with E-state index in [1.54, 1.807) is 24.3 Å². The fraction of sp³-hybridized carbons (Fsp3) is 0.278. The number of nitrogens with zero attached hydrogens (tertiary/aromatic N) is 1. The van der Waals surface area contributed by atoms with E-state index in [4.69, 9.17) is 0 Å². The Morgan fingerprint density at radius 2 is 1.67 bits per heavy atom. The molecule has 0 bridgehead atoms. The van der Waals surface area contributed by atoms with E-state index in [9.17, 15) is 13.2 Å². The molecule has 1 atom stereocenters. The molecule has 0 saturated carbocycles. The van der Waals surface area contributed by atoms with Gasteiger partial charge in [-0.05, 0) is 31.5 Å². The van der Waals surface area contributed by atoms with Crippen LogP contribution in [0, 0.1) is 6.92 Å². The van der Waals surface area contributed by atoms with E-state index in [-0.39, 0.29) is 23.4 Å². The molecule has 0 heterocycles. The van der Waals surface area contributed by atoms with Crippen molar-refractivity contribution in [2.75, 3.05) is 13.6 Å². The number of aryl methyl sites for hydroxylation is 1. The Balaban J connectivity index is 2.01. The molecule has 0 fully saturated rings. The first-order chi connectivity index (χ1) is 11.3. The number of carbonyl (C=O) groups is 1. The Bertz CT molecular complexity index is 787. The van der Waals surface area contributed by atoms with Crippen LogP contribution in [0.15, 0.2) is 59.5 Å². The molecular formula is C18H22N2O3S. The number of rotatable bonds is 6. The van der Waals surface area contributed by atoms with Gasteiger partial charge in [-0.2, -0.15) is 4.31 Å². The molecule has 0 aliphatic carbocycles. The van der Waals surface area contributed by atoms with E-state index >= 15 is 0 Å². The van der Waals surface area contributed by atoms with Gasteiger partial charge in [0.25, 0.3) is 0 Å². The summed E-state index contributed by atoms with van der Waals surface area (Å²) in [6.07, 6.45) is 0. The molecule has 128 valence electrons. The first-order valence-corrected chi connectivity index (χ1v) is 9.12. The van der Waals surface area contributed by atoms with E-state index in [2.05, 4.69) is 5.32 Å². The predicted molar refractivity (Wildman–Crippen MR) is 94.0 cm³/mol. The number of amides is 1. The minimum Gasteiger partial charge on any atom is -0.348 e. The van der Waals surface area contributed by atoms with Crippen LogP contribution in [0.4, 0.5) is 0 Å². The first-order valence-electron chi connectivity index (χ1n) is 7.68. The van der Waals surface area contributed by atoms with E-state index in [0.717, 1.165) is 15.4 Å². The number of likely N-dealkylation sites (N-methyl/N-ethyl adjacent to an activating group) is 1. The van der Waals surface area contributed by atoms with Crippen molar-refractivity contribution in [3.63, 3.8) is 0 Å². The van der Waals surface area contributed by atoms with Crippen LogP contribution in [0.1, 0.15) is 24.1 Å². The topological polar surface area (TPSA) is 66.5 Å². The molecule has 1 unspecified atom stereocenters. The molecule has 24 heavy (non-hydrogen) atoms. The smallest absolute Gasteiger partial charge is 0.243 e. The second-order valence-corrected chi connectivity index (χ2v) is 7.82. The zero-order valence-corrected chi connectivity index (χ0v) is 14.9. The maximum Gasteiger partial charge on any atom is 0.243 e. The zero-order chi connectivity index (χ0) is 17.7. The molecule has 5 nitrogen and oxygen atoms in total. The van der Waals surface area contributed by atoms with Crippen LogP contribution in [-0.2, 0) is 14.8 Å². The molecule has 2 aromatic rings. The number of benzene rings is 2. The lowest BCUT2D eigenvalue weighted by Gasteiger charge is -2.19. The van der Waals surface area contributed by atoms with Gasteiger partial charge < -0.3 is 5.32 Å². The lowest BCUT2D eigenvalue weighted by atomic mass is 10.1. The van der Waals surface area contributed by atoms with E-state index < -0.39 is 10.0 Å². The van der Waals surface area contributed by atoms with Crippen molar-refractivity contribution in [1.29, 1.82) is 0 Å².